The molecule has 0 nitrogen and oxygen atoms in total. The van der Waals surface area contributed by atoms with Crippen molar-refractivity contribution in [2.45, 2.75) is 13.3 Å². The number of fused-ring (bicyclic) bond motifs is 1. The van der Waals surface area contributed by atoms with E-state index < -0.39 is 0 Å². The molecule has 0 spiro atoms. The first kappa shape index (κ1) is 13.1. The highest BCUT2D eigenvalue weighted by Gasteiger charge is 2.18. The minimum Gasteiger partial charge on any atom is -0.0622 e. The van der Waals surface area contributed by atoms with Gasteiger partial charge >= 0.3 is 0 Å². The molecule has 0 N–H and O–H groups in total. The second kappa shape index (κ2) is 5.31. The number of hydrogen-bond acceptors (Lipinski definition) is 0. The molecule has 0 radical (unpaired) electrons. The molecular formula is C22H18. The maximum absolute atomic E-state index is 2.38. The van der Waals surface area contributed by atoms with Crippen molar-refractivity contribution in [3.63, 3.8) is 0 Å². The molecule has 0 aliphatic heterocycles. The summed E-state index contributed by atoms with van der Waals surface area (Å²) in [6.07, 6.45) is 3.40. The molecule has 0 saturated carbocycles. The first-order valence-corrected chi connectivity index (χ1v) is 7.77. The minimum atomic E-state index is 1.03. The molecule has 0 saturated heterocycles. The third kappa shape index (κ3) is 2.17. The van der Waals surface area contributed by atoms with E-state index in [2.05, 4.69) is 85.8 Å². The van der Waals surface area contributed by atoms with E-state index in [9.17, 15) is 0 Å². The third-order valence-corrected chi connectivity index (χ3v) is 4.47. The number of aryl methyl sites for hydroxylation is 1. The summed E-state index contributed by atoms with van der Waals surface area (Å²) in [5.74, 6) is 0. The maximum Gasteiger partial charge on any atom is -0.00133 e. The second-order valence-corrected chi connectivity index (χ2v) is 5.91. The number of hydrogen-bond donors (Lipinski definition) is 0. The summed E-state index contributed by atoms with van der Waals surface area (Å²) in [6, 6.07) is 26.0. The summed E-state index contributed by atoms with van der Waals surface area (Å²) in [7, 11) is 0. The SMILES string of the molecule is Cc1ccccc1C1=Cc2c(cccc2-c2ccccc2)C1. The number of rotatable bonds is 2. The average molecular weight is 282 g/mol. The molecule has 0 atom stereocenters. The molecule has 0 bridgehead atoms. The Labute approximate surface area is 131 Å². The lowest BCUT2D eigenvalue weighted by molar-refractivity contribution is 1.30. The zero-order valence-electron chi connectivity index (χ0n) is 12.7. The van der Waals surface area contributed by atoms with E-state index in [1.54, 1.807) is 0 Å². The van der Waals surface area contributed by atoms with Crippen LogP contribution < -0.4 is 0 Å². The largest absolute Gasteiger partial charge is 0.0622 e. The fourth-order valence-electron chi connectivity index (χ4n) is 3.34. The highest BCUT2D eigenvalue weighted by atomic mass is 14.2. The monoisotopic (exact) mass is 282 g/mol. The summed E-state index contributed by atoms with van der Waals surface area (Å²) in [6.45, 7) is 2.19. The Bertz CT molecular complexity index is 854. The molecule has 0 aromatic heterocycles. The molecule has 3 aromatic carbocycles. The van der Waals surface area contributed by atoms with Gasteiger partial charge < -0.3 is 0 Å². The van der Waals surface area contributed by atoms with Gasteiger partial charge in [-0.2, -0.15) is 0 Å². The van der Waals surface area contributed by atoms with Crippen LogP contribution >= 0.6 is 0 Å². The summed E-state index contributed by atoms with van der Waals surface area (Å²) >= 11 is 0. The molecule has 0 amide bonds. The molecule has 0 heterocycles. The lowest BCUT2D eigenvalue weighted by Crippen LogP contribution is -1.89. The van der Waals surface area contributed by atoms with Crippen LogP contribution in [0.1, 0.15) is 22.3 Å². The van der Waals surface area contributed by atoms with Crippen LogP contribution in [0.4, 0.5) is 0 Å². The van der Waals surface area contributed by atoms with Crippen LogP contribution in [-0.2, 0) is 6.42 Å². The van der Waals surface area contributed by atoms with Crippen molar-refractivity contribution < 1.29 is 0 Å². The standard InChI is InChI=1S/C22H18/c1-16-8-5-6-12-20(16)19-14-18-11-7-13-21(22(18)15-19)17-9-3-2-4-10-17/h2-13,15H,14H2,1H3. The van der Waals surface area contributed by atoms with Gasteiger partial charge in [-0.1, -0.05) is 72.8 Å². The van der Waals surface area contributed by atoms with Gasteiger partial charge in [0.2, 0.25) is 0 Å². The van der Waals surface area contributed by atoms with Crippen molar-refractivity contribution in [1.82, 2.24) is 0 Å². The van der Waals surface area contributed by atoms with Gasteiger partial charge in [0.25, 0.3) is 0 Å². The highest BCUT2D eigenvalue weighted by Crippen LogP contribution is 2.38. The molecule has 0 unspecified atom stereocenters. The quantitative estimate of drug-likeness (QED) is 0.560. The van der Waals surface area contributed by atoms with Gasteiger partial charge in [-0.3, -0.25) is 0 Å². The summed E-state index contributed by atoms with van der Waals surface area (Å²) in [5.41, 5.74) is 9.59. The van der Waals surface area contributed by atoms with E-state index in [4.69, 9.17) is 0 Å². The van der Waals surface area contributed by atoms with Crippen LogP contribution in [0.2, 0.25) is 0 Å². The van der Waals surface area contributed by atoms with E-state index in [1.165, 1.54) is 39.0 Å². The molecule has 22 heavy (non-hydrogen) atoms. The first-order valence-electron chi connectivity index (χ1n) is 7.77. The summed E-state index contributed by atoms with van der Waals surface area (Å²) in [5, 5.41) is 0. The minimum absolute atomic E-state index is 1.03. The van der Waals surface area contributed by atoms with E-state index in [-0.39, 0.29) is 0 Å². The molecule has 3 aromatic rings. The van der Waals surface area contributed by atoms with Crippen molar-refractivity contribution in [2.24, 2.45) is 0 Å². The molecule has 106 valence electrons. The van der Waals surface area contributed by atoms with Crippen molar-refractivity contribution in [3.05, 3.63) is 95.1 Å². The van der Waals surface area contributed by atoms with Gasteiger partial charge in [-0.05, 0) is 58.4 Å². The Kier molecular flexibility index (Phi) is 3.16. The topological polar surface area (TPSA) is 0 Å². The fraction of sp³-hybridized carbons (Fsp3) is 0.0909. The molecule has 0 heteroatoms. The Morgan fingerprint density at radius 2 is 1.41 bits per heavy atom. The Balaban J connectivity index is 1.84. The Hall–Kier alpha value is -2.60. The molecule has 4 rings (SSSR count). The van der Waals surface area contributed by atoms with Crippen LogP contribution in [0, 0.1) is 6.92 Å². The van der Waals surface area contributed by atoms with Crippen LogP contribution in [0.15, 0.2) is 72.8 Å². The van der Waals surface area contributed by atoms with Gasteiger partial charge in [0.05, 0.1) is 0 Å². The first-order chi connectivity index (χ1) is 10.8. The van der Waals surface area contributed by atoms with Gasteiger partial charge in [0.1, 0.15) is 0 Å². The Morgan fingerprint density at radius 1 is 0.682 bits per heavy atom. The average Bonchev–Trinajstić information content (AvgIpc) is 3.00. The van der Waals surface area contributed by atoms with Gasteiger partial charge in [-0.15, -0.1) is 0 Å². The number of benzene rings is 3. The fourth-order valence-corrected chi connectivity index (χ4v) is 3.34. The molecule has 0 fully saturated rings. The van der Waals surface area contributed by atoms with E-state index >= 15 is 0 Å². The van der Waals surface area contributed by atoms with Crippen molar-refractivity contribution in [3.8, 4) is 11.1 Å². The molecule has 1 aliphatic carbocycles. The summed E-state index contributed by atoms with van der Waals surface area (Å²) < 4.78 is 0. The van der Waals surface area contributed by atoms with Crippen LogP contribution in [-0.4, -0.2) is 0 Å². The second-order valence-electron chi connectivity index (χ2n) is 5.91. The van der Waals surface area contributed by atoms with Crippen molar-refractivity contribution >= 4 is 11.6 Å². The highest BCUT2D eigenvalue weighted by molar-refractivity contribution is 5.94. The third-order valence-electron chi connectivity index (χ3n) is 4.47. The van der Waals surface area contributed by atoms with Gasteiger partial charge in [-0.25, -0.2) is 0 Å². The van der Waals surface area contributed by atoms with Crippen LogP contribution in [0.3, 0.4) is 0 Å². The normalized spacial score (nSPS) is 12.9. The van der Waals surface area contributed by atoms with Crippen LogP contribution in [0.25, 0.3) is 22.8 Å². The maximum atomic E-state index is 2.38. The van der Waals surface area contributed by atoms with E-state index in [0.717, 1.165) is 6.42 Å². The van der Waals surface area contributed by atoms with Gasteiger partial charge in [0, 0.05) is 0 Å². The molecular weight excluding hydrogens is 264 g/mol. The predicted octanol–water partition coefficient (Wildman–Crippen LogP) is 5.76. The van der Waals surface area contributed by atoms with Crippen LogP contribution in [0.5, 0.6) is 0 Å². The Morgan fingerprint density at radius 3 is 2.23 bits per heavy atom. The predicted molar refractivity (Wildman–Crippen MR) is 94.6 cm³/mol. The zero-order valence-corrected chi connectivity index (χ0v) is 12.7. The number of allylic oxidation sites excluding steroid dienone is 1. The lowest BCUT2D eigenvalue weighted by Gasteiger charge is -2.07. The zero-order chi connectivity index (χ0) is 14.9. The van der Waals surface area contributed by atoms with E-state index in [0.29, 0.717) is 0 Å². The molecule has 1 aliphatic rings. The van der Waals surface area contributed by atoms with Crippen molar-refractivity contribution in [1.29, 1.82) is 0 Å². The lowest BCUT2D eigenvalue weighted by atomic mass is 9.97. The van der Waals surface area contributed by atoms with Gasteiger partial charge in [0.15, 0.2) is 0 Å². The smallest absolute Gasteiger partial charge is 0.00133 e. The summed E-state index contributed by atoms with van der Waals surface area (Å²) in [4.78, 5) is 0. The van der Waals surface area contributed by atoms with E-state index in [1.807, 2.05) is 0 Å². The van der Waals surface area contributed by atoms with Crippen molar-refractivity contribution in [2.75, 3.05) is 0 Å².